The van der Waals surface area contributed by atoms with Crippen molar-refractivity contribution < 1.29 is 5.11 Å². The summed E-state index contributed by atoms with van der Waals surface area (Å²) < 4.78 is 0. The van der Waals surface area contributed by atoms with Gasteiger partial charge in [0.2, 0.25) is 0 Å². The van der Waals surface area contributed by atoms with Crippen molar-refractivity contribution in [1.82, 2.24) is 9.97 Å². The summed E-state index contributed by atoms with van der Waals surface area (Å²) in [4.78, 5) is 10.3. The standard InChI is InChI=1S/C15H17N3O/c19-15(13-10-16-12-17-11-13)6-8-18(9-7-15)14-4-2-1-3-5-14/h1-5,10-12,19H,6-9H2. The molecule has 19 heavy (non-hydrogen) atoms. The first-order chi connectivity index (χ1) is 9.28. The molecule has 1 fully saturated rings. The van der Waals surface area contributed by atoms with Gasteiger partial charge >= 0.3 is 0 Å². The molecule has 0 atom stereocenters. The molecule has 2 heterocycles. The van der Waals surface area contributed by atoms with E-state index in [0.29, 0.717) is 12.8 Å². The van der Waals surface area contributed by atoms with Gasteiger partial charge in [0.15, 0.2) is 0 Å². The van der Waals surface area contributed by atoms with E-state index in [1.54, 1.807) is 12.4 Å². The van der Waals surface area contributed by atoms with Crippen LogP contribution in [0.1, 0.15) is 18.4 Å². The molecule has 1 aromatic heterocycles. The average Bonchev–Trinajstić information content (AvgIpc) is 2.50. The average molecular weight is 255 g/mol. The van der Waals surface area contributed by atoms with E-state index in [-0.39, 0.29) is 0 Å². The first-order valence-corrected chi connectivity index (χ1v) is 6.56. The summed E-state index contributed by atoms with van der Waals surface area (Å²) in [6.07, 6.45) is 6.33. The number of aromatic nitrogens is 2. The van der Waals surface area contributed by atoms with Crippen LogP contribution in [0.2, 0.25) is 0 Å². The third kappa shape index (κ3) is 2.44. The smallest absolute Gasteiger partial charge is 0.115 e. The lowest BCUT2D eigenvalue weighted by Gasteiger charge is -2.39. The second-order valence-corrected chi connectivity index (χ2v) is 4.98. The molecule has 0 radical (unpaired) electrons. The molecule has 0 amide bonds. The maximum atomic E-state index is 10.7. The second-order valence-electron chi connectivity index (χ2n) is 4.98. The van der Waals surface area contributed by atoms with Crippen LogP contribution in [-0.4, -0.2) is 28.2 Å². The second kappa shape index (κ2) is 4.97. The highest BCUT2D eigenvalue weighted by Crippen LogP contribution is 2.33. The van der Waals surface area contributed by atoms with Gasteiger partial charge in [0, 0.05) is 36.7 Å². The van der Waals surface area contributed by atoms with Gasteiger partial charge in [-0.15, -0.1) is 0 Å². The van der Waals surface area contributed by atoms with Crippen molar-refractivity contribution in [2.24, 2.45) is 0 Å². The third-order valence-corrected chi connectivity index (χ3v) is 3.81. The Labute approximate surface area is 112 Å². The lowest BCUT2D eigenvalue weighted by Crippen LogP contribution is -2.42. The molecule has 0 aliphatic carbocycles. The topological polar surface area (TPSA) is 49.3 Å². The van der Waals surface area contributed by atoms with Gasteiger partial charge in [0.05, 0.1) is 5.60 Å². The predicted molar refractivity (Wildman–Crippen MR) is 73.8 cm³/mol. The van der Waals surface area contributed by atoms with Crippen LogP contribution in [0, 0.1) is 0 Å². The predicted octanol–water partition coefficient (Wildman–Crippen LogP) is 1.96. The molecule has 4 nitrogen and oxygen atoms in total. The fraction of sp³-hybridized carbons (Fsp3) is 0.333. The molecular formula is C15H17N3O. The molecule has 0 unspecified atom stereocenters. The lowest BCUT2D eigenvalue weighted by atomic mass is 9.86. The number of benzene rings is 1. The Morgan fingerprint density at radius 3 is 2.26 bits per heavy atom. The normalized spacial score (nSPS) is 18.3. The molecular weight excluding hydrogens is 238 g/mol. The Morgan fingerprint density at radius 1 is 1.00 bits per heavy atom. The van der Waals surface area contributed by atoms with Crippen molar-refractivity contribution in [1.29, 1.82) is 0 Å². The van der Waals surface area contributed by atoms with E-state index in [1.807, 2.05) is 18.2 Å². The molecule has 2 aromatic rings. The van der Waals surface area contributed by atoms with E-state index in [9.17, 15) is 5.11 Å². The summed E-state index contributed by atoms with van der Waals surface area (Å²) in [5.41, 5.74) is 1.25. The highest BCUT2D eigenvalue weighted by atomic mass is 16.3. The van der Waals surface area contributed by atoms with Gasteiger partial charge in [0.1, 0.15) is 6.33 Å². The van der Waals surface area contributed by atoms with Gasteiger partial charge in [0.25, 0.3) is 0 Å². The first kappa shape index (κ1) is 12.1. The summed E-state index contributed by atoms with van der Waals surface area (Å²) in [7, 11) is 0. The van der Waals surface area contributed by atoms with Gasteiger partial charge in [-0.25, -0.2) is 9.97 Å². The van der Waals surface area contributed by atoms with E-state index in [0.717, 1.165) is 18.7 Å². The van der Waals surface area contributed by atoms with E-state index >= 15 is 0 Å². The maximum absolute atomic E-state index is 10.7. The number of hydrogen-bond acceptors (Lipinski definition) is 4. The third-order valence-electron chi connectivity index (χ3n) is 3.81. The minimum absolute atomic E-state index is 0.704. The molecule has 4 heteroatoms. The zero-order chi connectivity index (χ0) is 13.1. The number of hydrogen-bond donors (Lipinski definition) is 1. The van der Waals surface area contributed by atoms with Crippen molar-refractivity contribution in [3.05, 3.63) is 54.6 Å². The highest BCUT2D eigenvalue weighted by molar-refractivity contribution is 5.46. The summed E-state index contributed by atoms with van der Waals surface area (Å²) in [5.74, 6) is 0. The van der Waals surface area contributed by atoms with E-state index in [2.05, 4.69) is 27.0 Å². The van der Waals surface area contributed by atoms with Crippen molar-refractivity contribution in [2.75, 3.05) is 18.0 Å². The number of rotatable bonds is 2. The monoisotopic (exact) mass is 255 g/mol. The van der Waals surface area contributed by atoms with Crippen LogP contribution in [0.25, 0.3) is 0 Å². The highest BCUT2D eigenvalue weighted by Gasteiger charge is 2.34. The molecule has 0 saturated carbocycles. The minimum atomic E-state index is -0.785. The molecule has 1 aliphatic rings. The molecule has 0 spiro atoms. The van der Waals surface area contributed by atoms with Gasteiger partial charge in [-0.1, -0.05) is 18.2 Å². The van der Waals surface area contributed by atoms with Gasteiger partial charge < -0.3 is 10.0 Å². The Bertz CT molecular complexity index is 522. The molecule has 3 rings (SSSR count). The van der Waals surface area contributed by atoms with E-state index in [1.165, 1.54) is 12.0 Å². The van der Waals surface area contributed by atoms with Crippen molar-refractivity contribution in [2.45, 2.75) is 18.4 Å². The Balaban J connectivity index is 1.73. The summed E-state index contributed by atoms with van der Waals surface area (Å²) in [6, 6.07) is 10.3. The molecule has 1 saturated heterocycles. The zero-order valence-corrected chi connectivity index (χ0v) is 10.7. The Hall–Kier alpha value is -1.94. The van der Waals surface area contributed by atoms with E-state index in [4.69, 9.17) is 0 Å². The Kier molecular flexibility index (Phi) is 3.17. The van der Waals surface area contributed by atoms with Crippen LogP contribution in [0.3, 0.4) is 0 Å². The molecule has 98 valence electrons. The molecule has 1 aliphatic heterocycles. The van der Waals surface area contributed by atoms with Crippen LogP contribution in [0.5, 0.6) is 0 Å². The number of piperidine rings is 1. The fourth-order valence-corrected chi connectivity index (χ4v) is 2.60. The number of aliphatic hydroxyl groups is 1. The lowest BCUT2D eigenvalue weighted by molar-refractivity contribution is 0.0111. The summed E-state index contributed by atoms with van der Waals surface area (Å²) >= 11 is 0. The summed E-state index contributed by atoms with van der Waals surface area (Å²) in [5, 5.41) is 10.7. The van der Waals surface area contributed by atoms with Crippen molar-refractivity contribution in [3.8, 4) is 0 Å². The van der Waals surface area contributed by atoms with Crippen LogP contribution < -0.4 is 4.90 Å². The molecule has 1 N–H and O–H groups in total. The van der Waals surface area contributed by atoms with Crippen LogP contribution in [-0.2, 0) is 5.60 Å². The maximum Gasteiger partial charge on any atom is 0.115 e. The summed E-state index contributed by atoms with van der Waals surface area (Å²) in [6.45, 7) is 1.69. The number of para-hydroxylation sites is 1. The van der Waals surface area contributed by atoms with Crippen molar-refractivity contribution in [3.63, 3.8) is 0 Å². The molecule has 1 aromatic carbocycles. The SMILES string of the molecule is OC1(c2cncnc2)CCN(c2ccccc2)CC1. The van der Waals surface area contributed by atoms with Crippen LogP contribution in [0.15, 0.2) is 49.1 Å². The van der Waals surface area contributed by atoms with Gasteiger partial charge in [-0.3, -0.25) is 0 Å². The van der Waals surface area contributed by atoms with Crippen molar-refractivity contribution >= 4 is 5.69 Å². The zero-order valence-electron chi connectivity index (χ0n) is 10.7. The quantitative estimate of drug-likeness (QED) is 0.891. The van der Waals surface area contributed by atoms with Gasteiger partial charge in [-0.2, -0.15) is 0 Å². The number of anilines is 1. The van der Waals surface area contributed by atoms with Crippen LogP contribution in [0.4, 0.5) is 5.69 Å². The van der Waals surface area contributed by atoms with Crippen LogP contribution >= 0.6 is 0 Å². The number of nitrogens with zero attached hydrogens (tertiary/aromatic N) is 3. The minimum Gasteiger partial charge on any atom is -0.385 e. The van der Waals surface area contributed by atoms with Gasteiger partial charge in [-0.05, 0) is 25.0 Å². The largest absolute Gasteiger partial charge is 0.385 e. The molecule has 0 bridgehead atoms. The first-order valence-electron chi connectivity index (χ1n) is 6.56. The van der Waals surface area contributed by atoms with E-state index < -0.39 is 5.60 Å². The fourth-order valence-electron chi connectivity index (χ4n) is 2.60. The Morgan fingerprint density at radius 2 is 1.63 bits per heavy atom.